The van der Waals surface area contributed by atoms with Gasteiger partial charge in [0.05, 0.1) is 18.7 Å². The van der Waals surface area contributed by atoms with Crippen molar-refractivity contribution in [3.63, 3.8) is 0 Å². The molecule has 0 amide bonds. The Bertz CT molecular complexity index is 1160. The fourth-order valence-corrected chi connectivity index (χ4v) is 4.29. The molecule has 32 heavy (non-hydrogen) atoms. The van der Waals surface area contributed by atoms with E-state index in [1.807, 2.05) is 55.5 Å². The zero-order chi connectivity index (χ0) is 22.8. The molecule has 8 heteroatoms. The van der Waals surface area contributed by atoms with Gasteiger partial charge in [0, 0.05) is 22.8 Å². The van der Waals surface area contributed by atoms with Crippen molar-refractivity contribution in [2.45, 2.75) is 26.8 Å². The van der Waals surface area contributed by atoms with Crippen molar-refractivity contribution in [1.29, 1.82) is 0 Å². The third kappa shape index (κ3) is 4.49. The Hall–Kier alpha value is -2.90. The van der Waals surface area contributed by atoms with E-state index >= 15 is 0 Å². The van der Waals surface area contributed by atoms with Crippen LogP contribution in [0.5, 0.6) is 5.75 Å². The van der Waals surface area contributed by atoms with Gasteiger partial charge in [-0.2, -0.15) is 4.98 Å². The predicted molar refractivity (Wildman–Crippen MR) is 130 cm³/mol. The van der Waals surface area contributed by atoms with Crippen LogP contribution in [0, 0.1) is 5.92 Å². The summed E-state index contributed by atoms with van der Waals surface area (Å²) in [6.07, 6.45) is 0. The van der Waals surface area contributed by atoms with E-state index in [9.17, 15) is 0 Å². The molecule has 0 bridgehead atoms. The lowest BCUT2D eigenvalue weighted by molar-refractivity contribution is 0.385. The van der Waals surface area contributed by atoms with Crippen molar-refractivity contribution in [2.75, 3.05) is 13.7 Å². The summed E-state index contributed by atoms with van der Waals surface area (Å²) in [6.45, 7) is 7.15. The third-order valence-corrected chi connectivity index (χ3v) is 5.91. The van der Waals surface area contributed by atoms with Crippen LogP contribution in [0.1, 0.15) is 38.3 Å². The molecule has 0 fully saturated rings. The van der Waals surface area contributed by atoms with Crippen LogP contribution in [-0.4, -0.2) is 33.8 Å². The van der Waals surface area contributed by atoms with Crippen molar-refractivity contribution in [2.24, 2.45) is 5.92 Å². The van der Waals surface area contributed by atoms with Crippen LogP contribution in [0.25, 0.3) is 17.0 Å². The summed E-state index contributed by atoms with van der Waals surface area (Å²) in [4.78, 5) is 6.81. The standard InChI is InChI=1S/C24H25ClN4O2S/c1-14(2)13-29-15(3)20(21(26-24(29)32)16-8-10-19(30-4)11-9-16)23-27-22(28-31-23)17-6-5-7-18(25)12-17/h5-12,14,21H,13H2,1-4H3,(H,26,32). The lowest BCUT2D eigenvalue weighted by atomic mass is 9.94. The number of nitrogens with zero attached hydrogens (tertiary/aromatic N) is 3. The maximum Gasteiger partial charge on any atom is 0.258 e. The highest BCUT2D eigenvalue weighted by Crippen LogP contribution is 2.38. The molecule has 2 heterocycles. The number of methoxy groups -OCH3 is 1. The van der Waals surface area contributed by atoms with Gasteiger partial charge in [-0.3, -0.25) is 0 Å². The molecule has 1 aromatic heterocycles. The van der Waals surface area contributed by atoms with E-state index in [-0.39, 0.29) is 6.04 Å². The fourth-order valence-electron chi connectivity index (χ4n) is 3.77. The largest absolute Gasteiger partial charge is 0.497 e. The van der Waals surface area contributed by atoms with Crippen LogP contribution >= 0.6 is 23.8 Å². The Morgan fingerprint density at radius 2 is 1.97 bits per heavy atom. The molecular weight excluding hydrogens is 444 g/mol. The zero-order valence-corrected chi connectivity index (χ0v) is 20.0. The second-order valence-electron chi connectivity index (χ2n) is 8.09. The Morgan fingerprint density at radius 1 is 1.22 bits per heavy atom. The molecule has 166 valence electrons. The van der Waals surface area contributed by atoms with Gasteiger partial charge in [-0.25, -0.2) is 0 Å². The molecule has 1 aliphatic rings. The molecule has 4 rings (SSSR count). The fraction of sp³-hybridized carbons (Fsp3) is 0.292. The molecule has 0 saturated carbocycles. The summed E-state index contributed by atoms with van der Waals surface area (Å²) in [5.74, 6) is 2.15. The summed E-state index contributed by atoms with van der Waals surface area (Å²) < 4.78 is 11.1. The first-order chi connectivity index (χ1) is 15.4. The van der Waals surface area contributed by atoms with E-state index in [4.69, 9.17) is 38.1 Å². The molecular formula is C24H25ClN4O2S. The molecule has 1 aliphatic heterocycles. The number of allylic oxidation sites excluding steroid dienone is 1. The molecule has 2 aromatic carbocycles. The van der Waals surface area contributed by atoms with Gasteiger partial charge in [-0.05, 0) is 54.9 Å². The van der Waals surface area contributed by atoms with Crippen LogP contribution in [0.2, 0.25) is 5.02 Å². The van der Waals surface area contributed by atoms with E-state index < -0.39 is 0 Å². The molecule has 0 aliphatic carbocycles. The van der Waals surface area contributed by atoms with Gasteiger partial charge in [0.1, 0.15) is 5.75 Å². The highest BCUT2D eigenvalue weighted by atomic mass is 35.5. The van der Waals surface area contributed by atoms with Crippen LogP contribution in [0.15, 0.2) is 58.8 Å². The summed E-state index contributed by atoms with van der Waals surface area (Å²) in [6, 6.07) is 15.1. The minimum Gasteiger partial charge on any atom is -0.497 e. The van der Waals surface area contributed by atoms with Crippen LogP contribution in [-0.2, 0) is 0 Å². The van der Waals surface area contributed by atoms with Gasteiger partial charge < -0.3 is 19.5 Å². The normalized spacial score (nSPS) is 16.5. The number of thiocarbonyl (C=S) groups is 1. The van der Waals surface area contributed by atoms with Crippen LogP contribution in [0.3, 0.4) is 0 Å². The number of aromatic nitrogens is 2. The number of halogens is 1. The molecule has 0 radical (unpaired) electrons. The molecule has 3 aromatic rings. The number of benzene rings is 2. The predicted octanol–water partition coefficient (Wildman–Crippen LogP) is 5.72. The minimum absolute atomic E-state index is 0.232. The van der Waals surface area contributed by atoms with Crippen molar-refractivity contribution in [3.05, 3.63) is 70.7 Å². The van der Waals surface area contributed by atoms with Crippen LogP contribution < -0.4 is 10.1 Å². The molecule has 0 saturated heterocycles. The molecule has 1 atom stereocenters. The average molecular weight is 469 g/mol. The van der Waals surface area contributed by atoms with Crippen molar-refractivity contribution >= 4 is 34.5 Å². The first-order valence-electron chi connectivity index (χ1n) is 10.4. The SMILES string of the molecule is COc1ccc(C2NC(=S)N(CC(C)C)C(C)=C2c2nc(-c3cccc(Cl)c3)no2)cc1. The number of ether oxygens (including phenoxy) is 1. The summed E-state index contributed by atoms with van der Waals surface area (Å²) in [5.41, 5.74) is 3.70. The minimum atomic E-state index is -0.232. The first kappa shape index (κ1) is 22.3. The average Bonchev–Trinajstić information content (AvgIpc) is 3.26. The van der Waals surface area contributed by atoms with Crippen LogP contribution in [0.4, 0.5) is 0 Å². The number of hydrogen-bond donors (Lipinski definition) is 1. The number of rotatable bonds is 6. The number of hydrogen-bond acceptors (Lipinski definition) is 5. The van der Waals surface area contributed by atoms with Gasteiger partial charge in [-0.1, -0.05) is 54.9 Å². The van der Waals surface area contributed by atoms with Crippen molar-refractivity contribution < 1.29 is 9.26 Å². The monoisotopic (exact) mass is 468 g/mol. The van der Waals surface area contributed by atoms with E-state index in [1.165, 1.54) is 0 Å². The van der Waals surface area contributed by atoms with Gasteiger partial charge in [-0.15, -0.1) is 0 Å². The zero-order valence-electron chi connectivity index (χ0n) is 18.4. The summed E-state index contributed by atoms with van der Waals surface area (Å²) in [5, 5.41) is 8.99. The third-order valence-electron chi connectivity index (χ3n) is 5.33. The van der Waals surface area contributed by atoms with E-state index in [0.29, 0.717) is 27.8 Å². The molecule has 6 nitrogen and oxygen atoms in total. The van der Waals surface area contributed by atoms with E-state index in [0.717, 1.165) is 34.7 Å². The maximum absolute atomic E-state index is 6.15. The van der Waals surface area contributed by atoms with Gasteiger partial charge in [0.15, 0.2) is 5.11 Å². The summed E-state index contributed by atoms with van der Waals surface area (Å²) >= 11 is 11.9. The first-order valence-corrected chi connectivity index (χ1v) is 11.2. The van der Waals surface area contributed by atoms with Gasteiger partial charge in [0.25, 0.3) is 5.89 Å². The Labute approximate surface area is 198 Å². The Balaban J connectivity index is 1.80. The second-order valence-corrected chi connectivity index (χ2v) is 8.92. The van der Waals surface area contributed by atoms with Gasteiger partial charge in [0.2, 0.25) is 5.82 Å². The molecule has 1 N–H and O–H groups in total. The Morgan fingerprint density at radius 3 is 2.62 bits per heavy atom. The topological polar surface area (TPSA) is 63.4 Å². The molecule has 0 spiro atoms. The highest BCUT2D eigenvalue weighted by Gasteiger charge is 2.34. The van der Waals surface area contributed by atoms with E-state index in [2.05, 4.69) is 29.2 Å². The second kappa shape index (κ2) is 9.30. The smallest absolute Gasteiger partial charge is 0.258 e. The van der Waals surface area contributed by atoms with Crippen molar-refractivity contribution in [1.82, 2.24) is 20.4 Å². The van der Waals surface area contributed by atoms with Crippen molar-refractivity contribution in [3.8, 4) is 17.1 Å². The highest BCUT2D eigenvalue weighted by molar-refractivity contribution is 7.80. The summed E-state index contributed by atoms with van der Waals surface area (Å²) in [7, 11) is 1.65. The lowest BCUT2D eigenvalue weighted by Gasteiger charge is -2.38. The lowest BCUT2D eigenvalue weighted by Crippen LogP contribution is -2.47. The Kier molecular flexibility index (Phi) is 6.48. The molecule has 1 unspecified atom stereocenters. The quantitative estimate of drug-likeness (QED) is 0.464. The number of nitrogens with one attached hydrogen (secondary N) is 1. The van der Waals surface area contributed by atoms with Gasteiger partial charge >= 0.3 is 0 Å². The van der Waals surface area contributed by atoms with E-state index in [1.54, 1.807) is 7.11 Å². The maximum atomic E-state index is 6.15.